The van der Waals surface area contributed by atoms with Gasteiger partial charge >= 0.3 is 0 Å². The van der Waals surface area contributed by atoms with E-state index in [1.807, 2.05) is 74.4 Å². The van der Waals surface area contributed by atoms with Crippen LogP contribution in [0.1, 0.15) is 34.7 Å². The molecule has 3 aromatic rings. The second-order valence-corrected chi connectivity index (χ2v) is 10.7. The Morgan fingerprint density at radius 2 is 1.68 bits per heavy atom. The number of nitrogens with zero attached hydrogens (tertiary/aromatic N) is 2. The van der Waals surface area contributed by atoms with Gasteiger partial charge in [0.05, 0.1) is 11.6 Å². The van der Waals surface area contributed by atoms with Crippen molar-refractivity contribution in [1.29, 1.82) is 0 Å². The first-order valence-electron chi connectivity index (χ1n) is 12.2. The first-order chi connectivity index (χ1) is 17.8. The van der Waals surface area contributed by atoms with Crippen LogP contribution in [0.25, 0.3) is 5.76 Å². The highest BCUT2D eigenvalue weighted by Crippen LogP contribution is 2.39. The molecule has 1 aliphatic heterocycles. The molecule has 1 heterocycles. The van der Waals surface area contributed by atoms with E-state index in [0.29, 0.717) is 30.9 Å². The Kier molecular flexibility index (Phi) is 8.66. The lowest BCUT2D eigenvalue weighted by Gasteiger charge is -2.26. The largest absolute Gasteiger partial charge is 0.507 e. The SMILES string of the molecule is Cc1ccccc1COc1ccc(/C(O)=C2\C(=O)C(=O)N(CCCN(C)C)C2c2ccc(I)cc2)cc1. The summed E-state index contributed by atoms with van der Waals surface area (Å²) in [5.41, 5.74) is 3.63. The van der Waals surface area contributed by atoms with Gasteiger partial charge < -0.3 is 19.6 Å². The number of carbonyl (C=O) groups is 2. The number of hydrogen-bond donors (Lipinski definition) is 1. The average Bonchev–Trinajstić information content (AvgIpc) is 3.13. The predicted molar refractivity (Wildman–Crippen MR) is 153 cm³/mol. The predicted octanol–water partition coefficient (Wildman–Crippen LogP) is 5.55. The van der Waals surface area contributed by atoms with Gasteiger partial charge in [-0.3, -0.25) is 9.59 Å². The number of carbonyl (C=O) groups excluding carboxylic acids is 2. The van der Waals surface area contributed by atoms with Gasteiger partial charge in [0.2, 0.25) is 0 Å². The van der Waals surface area contributed by atoms with Crippen molar-refractivity contribution in [3.63, 3.8) is 0 Å². The number of aliphatic hydroxyl groups is 1. The molecule has 7 heteroatoms. The molecule has 3 aromatic carbocycles. The molecule has 1 N–H and O–H groups in total. The summed E-state index contributed by atoms with van der Waals surface area (Å²) in [6.45, 7) is 3.68. The number of benzene rings is 3. The number of amides is 1. The van der Waals surface area contributed by atoms with Crippen LogP contribution >= 0.6 is 22.6 Å². The molecule has 0 bridgehead atoms. The number of ketones is 1. The topological polar surface area (TPSA) is 70.1 Å². The fourth-order valence-corrected chi connectivity index (χ4v) is 4.82. The minimum absolute atomic E-state index is 0.115. The highest BCUT2D eigenvalue weighted by molar-refractivity contribution is 14.1. The highest BCUT2D eigenvalue weighted by Gasteiger charge is 2.45. The van der Waals surface area contributed by atoms with Crippen molar-refractivity contribution in [3.8, 4) is 5.75 Å². The van der Waals surface area contributed by atoms with Crippen molar-refractivity contribution in [2.75, 3.05) is 27.2 Å². The summed E-state index contributed by atoms with van der Waals surface area (Å²) in [5.74, 6) is -0.770. The van der Waals surface area contributed by atoms with Gasteiger partial charge in [-0.15, -0.1) is 0 Å². The Hall–Kier alpha value is -3.17. The molecule has 0 spiro atoms. The van der Waals surface area contributed by atoms with Crippen LogP contribution in [0.15, 0.2) is 78.4 Å². The summed E-state index contributed by atoms with van der Waals surface area (Å²) in [6.07, 6.45) is 0.716. The maximum atomic E-state index is 13.2. The summed E-state index contributed by atoms with van der Waals surface area (Å²) in [4.78, 5) is 29.9. The molecule has 1 aliphatic rings. The van der Waals surface area contributed by atoms with E-state index < -0.39 is 17.7 Å². The molecule has 4 rings (SSSR count). The Morgan fingerprint density at radius 3 is 2.32 bits per heavy atom. The van der Waals surface area contributed by atoms with Gasteiger partial charge in [-0.1, -0.05) is 36.4 Å². The Bertz CT molecular complexity index is 1300. The molecule has 1 amide bonds. The molecular formula is C30H31IN2O4. The summed E-state index contributed by atoms with van der Waals surface area (Å²) < 4.78 is 6.97. The molecule has 0 radical (unpaired) electrons. The number of hydrogen-bond acceptors (Lipinski definition) is 5. The lowest BCUT2D eigenvalue weighted by atomic mass is 9.95. The Morgan fingerprint density at radius 1 is 1.00 bits per heavy atom. The maximum Gasteiger partial charge on any atom is 0.295 e. The normalized spacial score (nSPS) is 17.0. The molecule has 1 unspecified atom stereocenters. The minimum atomic E-state index is -0.661. The number of aliphatic hydroxyl groups excluding tert-OH is 1. The molecule has 37 heavy (non-hydrogen) atoms. The molecular weight excluding hydrogens is 579 g/mol. The molecule has 1 atom stereocenters. The van der Waals surface area contributed by atoms with Crippen LogP contribution in [0.4, 0.5) is 0 Å². The first kappa shape index (κ1) is 26.9. The maximum absolute atomic E-state index is 13.2. The summed E-state index contributed by atoms with van der Waals surface area (Å²) in [5, 5.41) is 11.3. The van der Waals surface area contributed by atoms with Gasteiger partial charge in [0, 0.05) is 15.7 Å². The number of halogens is 1. The number of aryl methyl sites for hydroxylation is 1. The fourth-order valence-electron chi connectivity index (χ4n) is 4.46. The van der Waals surface area contributed by atoms with E-state index in [-0.39, 0.29) is 11.3 Å². The molecule has 6 nitrogen and oxygen atoms in total. The van der Waals surface area contributed by atoms with Crippen LogP contribution in [0.3, 0.4) is 0 Å². The smallest absolute Gasteiger partial charge is 0.295 e. The zero-order valence-corrected chi connectivity index (χ0v) is 23.4. The van der Waals surface area contributed by atoms with E-state index in [1.165, 1.54) is 0 Å². The molecule has 0 aliphatic carbocycles. The number of likely N-dealkylation sites (tertiary alicyclic amines) is 1. The Labute approximate surface area is 231 Å². The summed E-state index contributed by atoms with van der Waals surface area (Å²) in [6, 6.07) is 22.1. The summed E-state index contributed by atoms with van der Waals surface area (Å²) in [7, 11) is 3.94. The van der Waals surface area contributed by atoms with Gasteiger partial charge in [0.25, 0.3) is 11.7 Å². The van der Waals surface area contributed by atoms with Crippen molar-refractivity contribution in [2.24, 2.45) is 0 Å². The number of rotatable bonds is 9. The van der Waals surface area contributed by atoms with Crippen LogP contribution in [0.2, 0.25) is 0 Å². The van der Waals surface area contributed by atoms with Crippen LogP contribution < -0.4 is 4.74 Å². The number of Topliss-reactive ketones (excluding diaryl/α,β-unsaturated/α-hetero) is 1. The molecule has 0 aromatic heterocycles. The van der Waals surface area contributed by atoms with Gasteiger partial charge in [0.1, 0.15) is 18.1 Å². The van der Waals surface area contributed by atoms with Crippen LogP contribution in [-0.4, -0.2) is 53.8 Å². The molecule has 1 saturated heterocycles. The quantitative estimate of drug-likeness (QED) is 0.149. The van der Waals surface area contributed by atoms with E-state index in [9.17, 15) is 14.7 Å². The third-order valence-corrected chi connectivity index (χ3v) is 7.23. The van der Waals surface area contributed by atoms with E-state index >= 15 is 0 Å². The van der Waals surface area contributed by atoms with Crippen molar-refractivity contribution in [3.05, 3.63) is 104 Å². The molecule has 1 fully saturated rings. The first-order valence-corrected chi connectivity index (χ1v) is 13.3. The van der Waals surface area contributed by atoms with Crippen molar-refractivity contribution in [2.45, 2.75) is 26.0 Å². The standard InChI is InChI=1S/C30H31IN2O4/c1-20-7-4-5-8-23(20)19-37-25-15-11-22(12-16-25)28(34)26-27(21-9-13-24(31)14-10-21)33(30(36)29(26)35)18-6-17-32(2)3/h4-5,7-16,27,34H,6,17-19H2,1-3H3/b28-26+. The summed E-state index contributed by atoms with van der Waals surface area (Å²) >= 11 is 2.22. The van der Waals surface area contributed by atoms with Crippen molar-refractivity contribution >= 4 is 40.0 Å². The van der Waals surface area contributed by atoms with Gasteiger partial charge in [0.15, 0.2) is 0 Å². The molecule has 0 saturated carbocycles. The van der Waals surface area contributed by atoms with E-state index in [4.69, 9.17) is 4.74 Å². The van der Waals surface area contributed by atoms with Crippen LogP contribution in [-0.2, 0) is 16.2 Å². The van der Waals surface area contributed by atoms with Gasteiger partial charge in [-0.25, -0.2) is 0 Å². The van der Waals surface area contributed by atoms with Crippen molar-refractivity contribution in [1.82, 2.24) is 9.80 Å². The lowest BCUT2D eigenvalue weighted by molar-refractivity contribution is -0.139. The monoisotopic (exact) mass is 610 g/mol. The van der Waals surface area contributed by atoms with Gasteiger partial charge in [-0.2, -0.15) is 0 Å². The second-order valence-electron chi connectivity index (χ2n) is 9.44. The molecule has 192 valence electrons. The number of ether oxygens (including phenoxy) is 1. The zero-order chi connectivity index (χ0) is 26.5. The van der Waals surface area contributed by atoms with E-state index in [1.54, 1.807) is 29.2 Å². The van der Waals surface area contributed by atoms with E-state index in [0.717, 1.165) is 26.8 Å². The highest BCUT2D eigenvalue weighted by atomic mass is 127. The van der Waals surface area contributed by atoms with Crippen molar-refractivity contribution < 1.29 is 19.4 Å². The van der Waals surface area contributed by atoms with E-state index in [2.05, 4.69) is 22.6 Å². The van der Waals surface area contributed by atoms with Crippen LogP contribution in [0.5, 0.6) is 5.75 Å². The zero-order valence-electron chi connectivity index (χ0n) is 21.3. The third kappa shape index (κ3) is 6.22. The lowest BCUT2D eigenvalue weighted by Crippen LogP contribution is -2.32. The Balaban J connectivity index is 1.63. The third-order valence-electron chi connectivity index (χ3n) is 6.51. The minimum Gasteiger partial charge on any atom is -0.507 e. The average molecular weight is 610 g/mol. The fraction of sp³-hybridized carbons (Fsp3) is 0.267. The van der Waals surface area contributed by atoms with Gasteiger partial charge in [-0.05, 0) is 110 Å². The second kappa shape index (κ2) is 11.9. The van der Waals surface area contributed by atoms with Crippen LogP contribution in [0, 0.1) is 10.5 Å².